The highest BCUT2D eigenvalue weighted by Gasteiger charge is 2.53. The van der Waals surface area contributed by atoms with Gasteiger partial charge >= 0.3 is 12.0 Å². The van der Waals surface area contributed by atoms with Gasteiger partial charge in [0.1, 0.15) is 6.04 Å². The molecule has 0 aromatic heterocycles. The molecule has 0 aromatic carbocycles. The molecule has 2 aliphatic heterocycles. The molecule has 0 bridgehead atoms. The van der Waals surface area contributed by atoms with Gasteiger partial charge < -0.3 is 14.9 Å². The molecular formula is C15H27N3O3. The van der Waals surface area contributed by atoms with Gasteiger partial charge in [0.05, 0.1) is 6.04 Å². The van der Waals surface area contributed by atoms with Crippen molar-refractivity contribution in [3.05, 3.63) is 0 Å². The molecule has 21 heavy (non-hydrogen) atoms. The van der Waals surface area contributed by atoms with Gasteiger partial charge in [-0.05, 0) is 41.5 Å². The van der Waals surface area contributed by atoms with Gasteiger partial charge in [-0.1, -0.05) is 0 Å². The van der Waals surface area contributed by atoms with Gasteiger partial charge in [-0.3, -0.25) is 9.69 Å². The number of piperazine rings is 1. The van der Waals surface area contributed by atoms with Crippen molar-refractivity contribution in [3.63, 3.8) is 0 Å². The second-order valence-corrected chi connectivity index (χ2v) is 7.97. The Hall–Kier alpha value is -1.30. The molecule has 0 radical (unpaired) electrons. The van der Waals surface area contributed by atoms with Crippen LogP contribution in [0.3, 0.4) is 0 Å². The van der Waals surface area contributed by atoms with Gasteiger partial charge in [0.2, 0.25) is 0 Å². The van der Waals surface area contributed by atoms with Crippen LogP contribution in [-0.2, 0) is 4.79 Å². The summed E-state index contributed by atoms with van der Waals surface area (Å²) in [6, 6.07) is -0.954. The highest BCUT2D eigenvalue weighted by Crippen LogP contribution is 2.33. The zero-order valence-electron chi connectivity index (χ0n) is 13.9. The molecule has 0 spiro atoms. The summed E-state index contributed by atoms with van der Waals surface area (Å²) >= 11 is 0. The number of amides is 2. The van der Waals surface area contributed by atoms with Crippen LogP contribution in [-0.4, -0.2) is 74.6 Å². The predicted octanol–water partition coefficient (Wildman–Crippen LogP) is 1.46. The number of aliphatic carboxylic acids is 1. The van der Waals surface area contributed by atoms with Crippen LogP contribution in [0.1, 0.15) is 41.5 Å². The molecule has 120 valence electrons. The maximum absolute atomic E-state index is 12.6. The van der Waals surface area contributed by atoms with Crippen molar-refractivity contribution >= 4 is 12.0 Å². The van der Waals surface area contributed by atoms with Crippen molar-refractivity contribution in [3.8, 4) is 0 Å². The zero-order valence-corrected chi connectivity index (χ0v) is 13.9. The van der Waals surface area contributed by atoms with E-state index in [-0.39, 0.29) is 23.2 Å². The standard InChI is InChI=1S/C15H27N3O3/c1-14(2,3)17-8-7-16-10(11(17)12(19)20)9-18(13(16)21)15(4,5)6/h10-11H,7-9H2,1-6H3,(H,19,20)/t10-,11+/m1/s1. The topological polar surface area (TPSA) is 64.1 Å². The summed E-state index contributed by atoms with van der Waals surface area (Å²) < 4.78 is 0. The van der Waals surface area contributed by atoms with Gasteiger partial charge in [0.15, 0.2) is 0 Å². The molecular weight excluding hydrogens is 270 g/mol. The van der Waals surface area contributed by atoms with Gasteiger partial charge in [0.25, 0.3) is 0 Å². The number of urea groups is 1. The number of carboxylic acid groups (broad SMARTS) is 1. The highest BCUT2D eigenvalue weighted by molar-refractivity contribution is 5.82. The van der Waals surface area contributed by atoms with Crippen LogP contribution in [0.5, 0.6) is 0 Å². The van der Waals surface area contributed by atoms with Gasteiger partial charge in [-0.2, -0.15) is 0 Å². The Morgan fingerprint density at radius 1 is 1.10 bits per heavy atom. The van der Waals surface area contributed by atoms with Gasteiger partial charge in [0, 0.05) is 30.7 Å². The Morgan fingerprint density at radius 2 is 1.67 bits per heavy atom. The fraction of sp³-hybridized carbons (Fsp3) is 0.867. The Kier molecular flexibility index (Phi) is 3.72. The monoisotopic (exact) mass is 297 g/mol. The van der Waals surface area contributed by atoms with E-state index in [9.17, 15) is 14.7 Å². The summed E-state index contributed by atoms with van der Waals surface area (Å²) in [5, 5.41) is 9.70. The molecule has 6 nitrogen and oxygen atoms in total. The summed E-state index contributed by atoms with van der Waals surface area (Å²) in [4.78, 5) is 29.9. The number of fused-ring (bicyclic) bond motifs is 1. The Labute approximate surface area is 126 Å². The third kappa shape index (κ3) is 2.73. The van der Waals surface area contributed by atoms with E-state index in [2.05, 4.69) is 0 Å². The average molecular weight is 297 g/mol. The van der Waals surface area contributed by atoms with Crippen molar-refractivity contribution < 1.29 is 14.7 Å². The summed E-state index contributed by atoms with van der Waals surface area (Å²) in [7, 11) is 0. The van der Waals surface area contributed by atoms with Crippen LogP contribution < -0.4 is 0 Å². The van der Waals surface area contributed by atoms with E-state index in [1.165, 1.54) is 0 Å². The Morgan fingerprint density at radius 3 is 2.10 bits per heavy atom. The molecule has 0 aliphatic carbocycles. The van der Waals surface area contributed by atoms with Gasteiger partial charge in [-0.15, -0.1) is 0 Å². The third-order valence-corrected chi connectivity index (χ3v) is 4.45. The van der Waals surface area contributed by atoms with Crippen LogP contribution in [0.2, 0.25) is 0 Å². The molecule has 0 saturated carbocycles. The molecule has 1 N–H and O–H groups in total. The second kappa shape index (κ2) is 4.87. The first kappa shape index (κ1) is 16.1. The molecule has 2 saturated heterocycles. The number of carboxylic acids is 1. The van der Waals surface area contributed by atoms with Crippen LogP contribution >= 0.6 is 0 Å². The van der Waals surface area contributed by atoms with Crippen molar-refractivity contribution in [1.82, 2.24) is 14.7 Å². The lowest BCUT2D eigenvalue weighted by Gasteiger charge is -2.47. The number of carbonyl (C=O) groups is 2. The molecule has 2 heterocycles. The minimum absolute atomic E-state index is 0.0349. The number of hydrogen-bond acceptors (Lipinski definition) is 3. The Balaban J connectivity index is 2.34. The fourth-order valence-electron chi connectivity index (χ4n) is 3.37. The minimum Gasteiger partial charge on any atom is -0.480 e. The maximum Gasteiger partial charge on any atom is 0.323 e. The van der Waals surface area contributed by atoms with E-state index in [1.807, 2.05) is 46.4 Å². The van der Waals surface area contributed by atoms with Crippen LogP contribution in [0.15, 0.2) is 0 Å². The van der Waals surface area contributed by atoms with E-state index in [0.29, 0.717) is 19.6 Å². The number of hydrogen-bond donors (Lipinski definition) is 1. The van der Waals surface area contributed by atoms with Crippen LogP contribution in [0.4, 0.5) is 4.79 Å². The second-order valence-electron chi connectivity index (χ2n) is 7.97. The molecule has 2 aliphatic rings. The molecule has 0 aromatic rings. The van der Waals surface area contributed by atoms with Crippen molar-refractivity contribution in [2.45, 2.75) is 64.7 Å². The predicted molar refractivity (Wildman–Crippen MR) is 80.2 cm³/mol. The van der Waals surface area contributed by atoms with E-state index in [4.69, 9.17) is 0 Å². The van der Waals surface area contributed by atoms with E-state index in [0.717, 1.165) is 0 Å². The minimum atomic E-state index is -0.844. The molecule has 2 amide bonds. The molecule has 0 unspecified atom stereocenters. The normalized spacial score (nSPS) is 28.0. The number of carbonyl (C=O) groups excluding carboxylic acids is 1. The lowest BCUT2D eigenvalue weighted by Crippen LogP contribution is -2.66. The number of nitrogens with zero attached hydrogens (tertiary/aromatic N) is 3. The maximum atomic E-state index is 12.6. The molecule has 2 atom stereocenters. The van der Waals surface area contributed by atoms with E-state index in [1.54, 1.807) is 9.80 Å². The zero-order chi connectivity index (χ0) is 16.2. The van der Waals surface area contributed by atoms with Gasteiger partial charge in [-0.25, -0.2) is 4.79 Å². The lowest BCUT2D eigenvalue weighted by molar-refractivity contribution is -0.150. The van der Waals surface area contributed by atoms with E-state index < -0.39 is 12.0 Å². The first-order chi connectivity index (χ1) is 9.44. The van der Waals surface area contributed by atoms with Crippen molar-refractivity contribution in [2.75, 3.05) is 19.6 Å². The quantitative estimate of drug-likeness (QED) is 0.796. The van der Waals surface area contributed by atoms with E-state index >= 15 is 0 Å². The lowest BCUT2D eigenvalue weighted by atomic mass is 9.95. The first-order valence-electron chi connectivity index (χ1n) is 7.52. The average Bonchev–Trinajstić information content (AvgIpc) is 2.64. The largest absolute Gasteiger partial charge is 0.480 e. The molecule has 2 fully saturated rings. The number of rotatable bonds is 1. The Bertz CT molecular complexity index is 450. The molecule has 6 heteroatoms. The highest BCUT2D eigenvalue weighted by atomic mass is 16.4. The van der Waals surface area contributed by atoms with Crippen molar-refractivity contribution in [2.24, 2.45) is 0 Å². The van der Waals surface area contributed by atoms with Crippen LogP contribution in [0.25, 0.3) is 0 Å². The van der Waals surface area contributed by atoms with Crippen LogP contribution in [0, 0.1) is 0 Å². The smallest absolute Gasteiger partial charge is 0.323 e. The third-order valence-electron chi connectivity index (χ3n) is 4.45. The van der Waals surface area contributed by atoms with Crippen molar-refractivity contribution in [1.29, 1.82) is 0 Å². The summed E-state index contributed by atoms with van der Waals surface area (Å²) in [6.45, 7) is 13.7. The summed E-state index contributed by atoms with van der Waals surface area (Å²) in [5.74, 6) is -0.844. The SMILES string of the molecule is CC(C)(C)N1C[C@@H]2[C@@H](C(=O)O)N(C(C)(C)C)CCN2C1=O. The fourth-order valence-corrected chi connectivity index (χ4v) is 3.37. The summed E-state index contributed by atoms with van der Waals surface area (Å²) in [5.41, 5.74) is -0.516. The summed E-state index contributed by atoms with van der Waals surface area (Å²) in [6.07, 6.45) is 0. The molecule has 2 rings (SSSR count). The first-order valence-corrected chi connectivity index (χ1v) is 7.52.